The number of imidazole rings is 1. The van der Waals surface area contributed by atoms with Crippen LogP contribution >= 0.6 is 0 Å². The van der Waals surface area contributed by atoms with Crippen LogP contribution in [0.5, 0.6) is 5.75 Å². The van der Waals surface area contributed by atoms with Crippen molar-refractivity contribution < 1.29 is 14.3 Å². The number of fused-ring (bicyclic) bond motifs is 2. The van der Waals surface area contributed by atoms with Crippen molar-refractivity contribution in [2.24, 2.45) is 7.05 Å². The van der Waals surface area contributed by atoms with Crippen LogP contribution in [0.3, 0.4) is 0 Å². The van der Waals surface area contributed by atoms with Crippen molar-refractivity contribution in [3.63, 3.8) is 0 Å². The molecule has 3 aliphatic rings. The van der Waals surface area contributed by atoms with Gasteiger partial charge in [-0.1, -0.05) is 31.4 Å². The molecule has 1 aliphatic carbocycles. The second-order valence-electron chi connectivity index (χ2n) is 12.5. The lowest BCUT2D eigenvalue weighted by Gasteiger charge is -2.29. The van der Waals surface area contributed by atoms with Crippen LogP contribution in [0.2, 0.25) is 0 Å². The minimum atomic E-state index is -0.628. The van der Waals surface area contributed by atoms with Crippen molar-refractivity contribution in [3.8, 4) is 5.75 Å². The Labute approximate surface area is 256 Å². The summed E-state index contributed by atoms with van der Waals surface area (Å²) < 4.78 is 10.6. The highest BCUT2D eigenvalue weighted by molar-refractivity contribution is 6.00. The Balaban J connectivity index is 0.000000167. The van der Waals surface area contributed by atoms with Gasteiger partial charge in [-0.15, -0.1) is 0 Å². The molecule has 11 heteroatoms. The average Bonchev–Trinajstić information content (AvgIpc) is 3.55. The molecule has 0 radical (unpaired) electrons. The second-order valence-corrected chi connectivity index (χ2v) is 12.5. The quantitative estimate of drug-likeness (QED) is 0.264. The molecule has 11 nitrogen and oxygen atoms in total. The lowest BCUT2D eigenvalue weighted by atomic mass is 9.88. The van der Waals surface area contributed by atoms with Crippen molar-refractivity contribution in [1.82, 2.24) is 29.1 Å². The summed E-state index contributed by atoms with van der Waals surface area (Å²) in [5.41, 5.74) is 10.2. The molecular weight excluding hydrogens is 558 g/mol. The highest BCUT2D eigenvalue weighted by Gasteiger charge is 2.32. The van der Waals surface area contributed by atoms with E-state index in [0.29, 0.717) is 29.8 Å². The van der Waals surface area contributed by atoms with Crippen molar-refractivity contribution in [1.29, 1.82) is 0 Å². The number of amides is 2. The van der Waals surface area contributed by atoms with Crippen LogP contribution in [0.1, 0.15) is 81.4 Å². The van der Waals surface area contributed by atoms with E-state index in [-0.39, 0.29) is 23.9 Å². The zero-order chi connectivity index (χ0) is 31.0. The van der Waals surface area contributed by atoms with E-state index < -0.39 is 6.04 Å². The maximum absolute atomic E-state index is 13.0. The zero-order valence-corrected chi connectivity index (χ0v) is 25.9. The van der Waals surface area contributed by atoms with Crippen LogP contribution in [-0.2, 0) is 16.6 Å². The highest BCUT2D eigenvalue weighted by atomic mass is 16.5. The van der Waals surface area contributed by atoms with Crippen molar-refractivity contribution in [2.45, 2.75) is 75.8 Å². The Hall–Kier alpha value is -4.12. The third-order valence-electron chi connectivity index (χ3n) is 9.64. The number of likely N-dealkylation sites (tertiary alicyclic amines) is 1. The van der Waals surface area contributed by atoms with Crippen molar-refractivity contribution >= 4 is 39.4 Å². The van der Waals surface area contributed by atoms with E-state index in [4.69, 9.17) is 10.5 Å². The molecule has 1 saturated carbocycles. The molecule has 2 amide bonds. The number of carbonyl (C=O) groups excluding carboxylic acids is 2. The molecule has 2 aromatic carbocycles. The van der Waals surface area contributed by atoms with Crippen molar-refractivity contribution in [3.05, 3.63) is 52.6 Å². The lowest BCUT2D eigenvalue weighted by Crippen LogP contribution is -2.44. The number of para-hydroxylation sites is 1. The van der Waals surface area contributed by atoms with E-state index in [0.717, 1.165) is 47.9 Å². The first-order chi connectivity index (χ1) is 21.2. The summed E-state index contributed by atoms with van der Waals surface area (Å²) in [5, 5.41) is 8.12. The Morgan fingerprint density at radius 2 is 1.73 bits per heavy atom. The number of aryl methyl sites for hydroxylation is 1. The number of nitrogen functional groups attached to an aromatic ring is 1. The Kier molecular flexibility index (Phi) is 8.48. The SMILES string of the molecule is CN1CCC(c2cccc3c2n(C)c(=O)n3C2CCC(=O)NC2=O)CC1.COc1cc2nn(C3CCCCC3)cc2cc1N. The topological polar surface area (TPSA) is 129 Å². The maximum atomic E-state index is 13.0. The molecule has 1 atom stereocenters. The minimum absolute atomic E-state index is 0.199. The number of methoxy groups -OCH3 is 1. The van der Waals surface area contributed by atoms with E-state index in [1.54, 1.807) is 23.3 Å². The first kappa shape index (κ1) is 29.9. The fraction of sp³-hybridized carbons (Fsp3) is 0.515. The fourth-order valence-corrected chi connectivity index (χ4v) is 7.15. The summed E-state index contributed by atoms with van der Waals surface area (Å²) in [5.74, 6) is 0.460. The lowest BCUT2D eigenvalue weighted by molar-refractivity contribution is -0.135. The van der Waals surface area contributed by atoms with Gasteiger partial charge in [-0.3, -0.25) is 28.7 Å². The number of imide groups is 1. The predicted octanol–water partition coefficient (Wildman–Crippen LogP) is 4.26. The van der Waals surface area contributed by atoms with Crippen LogP contribution in [0.15, 0.2) is 41.3 Å². The summed E-state index contributed by atoms with van der Waals surface area (Å²) in [4.78, 5) is 39.1. The van der Waals surface area contributed by atoms with Crippen LogP contribution in [0.25, 0.3) is 21.9 Å². The number of nitrogens with zero attached hydrogens (tertiary/aromatic N) is 5. The van der Waals surface area contributed by atoms with Crippen LogP contribution in [0, 0.1) is 0 Å². The van der Waals surface area contributed by atoms with Gasteiger partial charge in [-0.2, -0.15) is 5.10 Å². The summed E-state index contributed by atoms with van der Waals surface area (Å²) >= 11 is 0. The van der Waals surface area contributed by atoms with Gasteiger partial charge in [-0.25, -0.2) is 4.79 Å². The Morgan fingerprint density at radius 3 is 2.43 bits per heavy atom. The van der Waals surface area contributed by atoms with Crippen LogP contribution in [0.4, 0.5) is 5.69 Å². The van der Waals surface area contributed by atoms with Gasteiger partial charge in [0.2, 0.25) is 11.8 Å². The van der Waals surface area contributed by atoms with Gasteiger partial charge < -0.3 is 15.4 Å². The first-order valence-electron chi connectivity index (χ1n) is 15.8. The molecule has 0 bridgehead atoms. The molecule has 0 spiro atoms. The molecule has 2 aromatic heterocycles. The molecule has 3 N–H and O–H groups in total. The standard InChI is InChI=1S/C19H24N4O3.C14H19N3O/c1-21-10-8-12(9-11-21)13-4-3-5-14-17(13)22(2)19(26)23(14)15-6-7-16(24)20-18(15)25;1-18-14-8-13-10(7-12(14)15)9-17(16-13)11-5-3-2-4-6-11/h3-5,12,15H,6-11H2,1-2H3,(H,20,24,25);7-9,11H,2-6,15H2,1H3. The number of anilines is 1. The van der Waals surface area contributed by atoms with E-state index in [2.05, 4.69) is 39.3 Å². The molecule has 234 valence electrons. The monoisotopic (exact) mass is 601 g/mol. The van der Waals surface area contributed by atoms with E-state index >= 15 is 0 Å². The number of rotatable bonds is 4. The van der Waals surface area contributed by atoms with Gasteiger partial charge in [0, 0.05) is 31.1 Å². The molecule has 1 unspecified atom stereocenters. The number of nitrogens with one attached hydrogen (secondary N) is 1. The first-order valence-corrected chi connectivity index (χ1v) is 15.8. The minimum Gasteiger partial charge on any atom is -0.495 e. The average molecular weight is 602 g/mol. The molecule has 2 saturated heterocycles. The van der Waals surface area contributed by atoms with Gasteiger partial charge in [-0.05, 0) is 75.9 Å². The number of carbonyl (C=O) groups is 2. The summed E-state index contributed by atoms with van der Waals surface area (Å²) in [7, 11) is 5.53. The van der Waals surface area contributed by atoms with Crippen LogP contribution in [-0.4, -0.2) is 62.9 Å². The molecule has 3 fully saturated rings. The van der Waals surface area contributed by atoms with Gasteiger partial charge >= 0.3 is 5.69 Å². The van der Waals surface area contributed by atoms with E-state index in [1.807, 2.05) is 24.3 Å². The van der Waals surface area contributed by atoms with E-state index in [1.165, 1.54) is 37.7 Å². The maximum Gasteiger partial charge on any atom is 0.329 e. The van der Waals surface area contributed by atoms with Gasteiger partial charge in [0.25, 0.3) is 0 Å². The molecule has 7 rings (SSSR count). The summed E-state index contributed by atoms with van der Waals surface area (Å²) in [6.45, 7) is 2.09. The molecule has 4 aromatic rings. The number of aromatic nitrogens is 4. The zero-order valence-electron chi connectivity index (χ0n) is 25.9. The van der Waals surface area contributed by atoms with Crippen molar-refractivity contribution in [2.75, 3.05) is 33.0 Å². The van der Waals surface area contributed by atoms with Crippen LogP contribution < -0.4 is 21.5 Å². The fourth-order valence-electron chi connectivity index (χ4n) is 7.15. The molecule has 2 aliphatic heterocycles. The van der Waals surface area contributed by atoms with Gasteiger partial charge in [0.1, 0.15) is 11.8 Å². The van der Waals surface area contributed by atoms with Gasteiger partial charge in [0.05, 0.1) is 35.4 Å². The normalized spacial score (nSPS) is 20.5. The number of piperidine rings is 2. The molecule has 44 heavy (non-hydrogen) atoms. The third kappa shape index (κ3) is 5.72. The largest absolute Gasteiger partial charge is 0.495 e. The smallest absolute Gasteiger partial charge is 0.329 e. The predicted molar refractivity (Wildman–Crippen MR) is 171 cm³/mol. The van der Waals surface area contributed by atoms with E-state index in [9.17, 15) is 14.4 Å². The number of ether oxygens (including phenoxy) is 1. The highest BCUT2D eigenvalue weighted by Crippen LogP contribution is 2.34. The number of nitrogens with two attached hydrogens (primary N) is 1. The Bertz CT molecular complexity index is 1740. The summed E-state index contributed by atoms with van der Waals surface area (Å²) in [6.07, 6.45) is 11.3. The second kappa shape index (κ2) is 12.5. The number of benzene rings is 2. The Morgan fingerprint density at radius 1 is 0.977 bits per heavy atom. The summed E-state index contributed by atoms with van der Waals surface area (Å²) in [6, 6.07) is 9.77. The number of hydrogen-bond donors (Lipinski definition) is 2. The molecular formula is C33H43N7O4. The third-order valence-corrected chi connectivity index (χ3v) is 9.64. The molecule has 4 heterocycles. The number of hydrogen-bond acceptors (Lipinski definition) is 7. The van der Waals surface area contributed by atoms with Gasteiger partial charge in [0.15, 0.2) is 0 Å².